The minimum Gasteiger partial charge on any atom is -0.456 e. The first-order valence-corrected chi connectivity index (χ1v) is 13.9. The van der Waals surface area contributed by atoms with Crippen molar-refractivity contribution in [1.29, 1.82) is 0 Å². The Kier molecular flexibility index (Phi) is 8.64. The number of ketones is 1. The largest absolute Gasteiger partial charge is 0.456 e. The molecule has 0 spiro atoms. The van der Waals surface area contributed by atoms with Crippen molar-refractivity contribution in [2.75, 3.05) is 11.6 Å². The number of Topliss-reactive ketones (excluding diaryl/α,β-unsaturated/α-hetero) is 1. The lowest BCUT2D eigenvalue weighted by atomic mass is 9.88. The van der Waals surface area contributed by atoms with Crippen LogP contribution in [0.4, 0.5) is 5.69 Å². The molecule has 43 heavy (non-hydrogen) atoms. The van der Waals surface area contributed by atoms with E-state index >= 15 is 0 Å². The molecule has 1 heterocycles. The summed E-state index contributed by atoms with van der Waals surface area (Å²) in [5.41, 5.74) is 2.14. The number of para-hydroxylation sites is 1. The highest BCUT2D eigenvalue weighted by Gasteiger charge is 2.50. The fraction of sp³-hybridized carbons (Fsp3) is 0.176. The van der Waals surface area contributed by atoms with E-state index in [9.17, 15) is 14.4 Å². The van der Waals surface area contributed by atoms with Gasteiger partial charge in [0.15, 0.2) is 17.0 Å². The Hall–Kier alpha value is -5.28. The van der Waals surface area contributed by atoms with Crippen molar-refractivity contribution in [1.82, 2.24) is 4.90 Å². The van der Waals surface area contributed by atoms with Crippen LogP contribution < -0.4 is 16.7 Å². The maximum atomic E-state index is 14.2. The van der Waals surface area contributed by atoms with Crippen LogP contribution in [-0.2, 0) is 33.9 Å². The quantitative estimate of drug-likeness (QED) is 0.0770. The third-order valence-electron chi connectivity index (χ3n) is 7.71. The molecule has 218 valence electrons. The van der Waals surface area contributed by atoms with Gasteiger partial charge in [0.05, 0.1) is 5.69 Å². The van der Waals surface area contributed by atoms with Gasteiger partial charge < -0.3 is 15.5 Å². The monoisotopic (exact) mass is 575 g/mol. The lowest BCUT2D eigenvalue weighted by Gasteiger charge is -2.37. The molecule has 0 aliphatic carbocycles. The third-order valence-corrected chi connectivity index (χ3v) is 7.71. The summed E-state index contributed by atoms with van der Waals surface area (Å²) in [6.45, 7) is 2.34. The maximum absolute atomic E-state index is 14.2. The number of nitrogens with zero attached hydrogens (tertiary/aromatic N) is 3. The summed E-state index contributed by atoms with van der Waals surface area (Å²) in [6.07, 6.45) is 0.625. The van der Waals surface area contributed by atoms with E-state index in [4.69, 9.17) is 16.4 Å². The number of carbonyl (C=O) groups is 3. The van der Waals surface area contributed by atoms with E-state index in [1.54, 1.807) is 24.0 Å². The van der Waals surface area contributed by atoms with Crippen LogP contribution in [0, 0.1) is 0 Å². The van der Waals surface area contributed by atoms with Crippen LogP contribution in [-0.4, -0.2) is 40.4 Å². The number of hydrogen-bond donors (Lipinski definition) is 2. The molecule has 4 aromatic rings. The van der Waals surface area contributed by atoms with Crippen molar-refractivity contribution in [3.8, 4) is 0 Å². The summed E-state index contributed by atoms with van der Waals surface area (Å²) in [7, 11) is 0. The van der Waals surface area contributed by atoms with Crippen LogP contribution in [0.25, 0.3) is 0 Å². The first-order valence-electron chi connectivity index (χ1n) is 13.9. The predicted molar refractivity (Wildman–Crippen MR) is 165 cm³/mol. The van der Waals surface area contributed by atoms with E-state index in [0.717, 1.165) is 16.7 Å². The molecule has 1 atom stereocenters. The number of hydrazone groups is 1. The van der Waals surface area contributed by atoms with Crippen molar-refractivity contribution >= 4 is 29.1 Å². The van der Waals surface area contributed by atoms with Crippen LogP contribution in [0.15, 0.2) is 114 Å². The Morgan fingerprint density at radius 2 is 1.42 bits per heavy atom. The molecular formula is C34H33N5O4. The molecule has 1 aliphatic rings. The zero-order valence-corrected chi connectivity index (χ0v) is 23.9. The number of fused-ring (bicyclic) bond motifs is 1. The molecule has 1 aliphatic heterocycles. The second-order valence-electron chi connectivity index (χ2n) is 10.5. The molecule has 0 saturated heterocycles. The fourth-order valence-electron chi connectivity index (χ4n) is 5.20. The number of benzene rings is 4. The number of ether oxygens (including phenoxy) is 1. The minimum absolute atomic E-state index is 0.0598. The second-order valence-corrected chi connectivity index (χ2v) is 10.5. The van der Waals surface area contributed by atoms with Crippen molar-refractivity contribution in [2.24, 2.45) is 16.8 Å². The van der Waals surface area contributed by atoms with Gasteiger partial charge in [-0.3, -0.25) is 14.6 Å². The Bertz CT molecular complexity index is 1640. The molecule has 9 heteroatoms. The first kappa shape index (κ1) is 29.2. The van der Waals surface area contributed by atoms with Crippen molar-refractivity contribution < 1.29 is 19.1 Å². The van der Waals surface area contributed by atoms with Gasteiger partial charge in [0, 0.05) is 24.2 Å². The Balaban J connectivity index is 1.39. The maximum Gasteiger partial charge on any atom is 0.359 e. The normalized spacial score (nSPS) is 16.8. The van der Waals surface area contributed by atoms with Crippen molar-refractivity contribution in [3.63, 3.8) is 0 Å². The number of carbonyl (C=O) groups excluding carboxylic acids is 3. The van der Waals surface area contributed by atoms with E-state index in [2.05, 4.69) is 5.10 Å². The highest BCUT2D eigenvalue weighted by Crippen LogP contribution is 2.34. The number of rotatable bonds is 9. The Morgan fingerprint density at radius 3 is 2.07 bits per heavy atom. The molecule has 4 N–H and O–H groups in total. The highest BCUT2D eigenvalue weighted by molar-refractivity contribution is 6.43. The van der Waals surface area contributed by atoms with Gasteiger partial charge in [0.1, 0.15) is 6.61 Å². The van der Waals surface area contributed by atoms with E-state index in [1.165, 1.54) is 17.1 Å². The zero-order chi connectivity index (χ0) is 30.4. The van der Waals surface area contributed by atoms with Gasteiger partial charge >= 0.3 is 5.97 Å². The average Bonchev–Trinajstić information content (AvgIpc) is 3.13. The zero-order valence-electron chi connectivity index (χ0n) is 23.9. The SMILES string of the molecule is CC1(C(=O)c2ccc(C(=NN)C(=O)OCc3ccccc3)cc2)C(=O)N(CCc2ccccc2)Cc2ccccc2N1N. The Labute approximate surface area is 250 Å². The molecule has 1 unspecified atom stereocenters. The van der Waals surface area contributed by atoms with Crippen LogP contribution in [0.2, 0.25) is 0 Å². The predicted octanol–water partition coefficient (Wildman–Crippen LogP) is 4.00. The van der Waals surface area contributed by atoms with E-state index in [-0.39, 0.29) is 17.9 Å². The third kappa shape index (κ3) is 6.02. The molecule has 0 saturated carbocycles. The topological polar surface area (TPSA) is 131 Å². The lowest BCUT2D eigenvalue weighted by molar-refractivity contribution is -0.137. The average molecular weight is 576 g/mol. The minimum atomic E-state index is -1.73. The van der Waals surface area contributed by atoms with Gasteiger partial charge in [-0.15, -0.1) is 0 Å². The summed E-state index contributed by atoms with van der Waals surface area (Å²) in [5.74, 6) is 10.6. The number of esters is 1. The summed E-state index contributed by atoms with van der Waals surface area (Å²) in [4.78, 5) is 42.7. The van der Waals surface area contributed by atoms with Crippen LogP contribution in [0.5, 0.6) is 0 Å². The van der Waals surface area contributed by atoms with Crippen molar-refractivity contribution in [2.45, 2.75) is 32.0 Å². The van der Waals surface area contributed by atoms with Gasteiger partial charge in [-0.1, -0.05) is 103 Å². The molecule has 0 radical (unpaired) electrons. The van der Waals surface area contributed by atoms with E-state index < -0.39 is 23.2 Å². The van der Waals surface area contributed by atoms with Gasteiger partial charge in [-0.25, -0.2) is 10.6 Å². The summed E-state index contributed by atoms with van der Waals surface area (Å²) >= 11 is 0. The molecule has 4 aromatic carbocycles. The lowest BCUT2D eigenvalue weighted by Crippen LogP contribution is -2.64. The molecule has 0 aromatic heterocycles. The summed E-state index contributed by atoms with van der Waals surface area (Å²) in [6, 6.07) is 32.7. The van der Waals surface area contributed by atoms with Crippen molar-refractivity contribution in [3.05, 3.63) is 137 Å². The number of hydrazine groups is 1. The van der Waals surface area contributed by atoms with Gasteiger partial charge in [0.25, 0.3) is 5.91 Å². The van der Waals surface area contributed by atoms with Crippen LogP contribution in [0.3, 0.4) is 0 Å². The number of amides is 1. The van der Waals surface area contributed by atoms with Gasteiger partial charge in [-0.05, 0) is 36.1 Å². The van der Waals surface area contributed by atoms with Gasteiger partial charge in [-0.2, -0.15) is 5.10 Å². The van der Waals surface area contributed by atoms with Crippen LogP contribution >= 0.6 is 0 Å². The van der Waals surface area contributed by atoms with Gasteiger partial charge in [0.2, 0.25) is 0 Å². The highest BCUT2D eigenvalue weighted by atomic mass is 16.5. The van der Waals surface area contributed by atoms with E-state index in [1.807, 2.05) is 84.9 Å². The molecule has 1 amide bonds. The fourth-order valence-corrected chi connectivity index (χ4v) is 5.20. The number of hydrogen-bond acceptors (Lipinski definition) is 8. The molecule has 0 fully saturated rings. The smallest absolute Gasteiger partial charge is 0.359 e. The molecule has 5 rings (SSSR count). The first-order chi connectivity index (χ1) is 20.8. The summed E-state index contributed by atoms with van der Waals surface area (Å²) in [5, 5.41) is 4.91. The van der Waals surface area contributed by atoms with E-state index in [0.29, 0.717) is 30.8 Å². The molecule has 0 bridgehead atoms. The number of nitrogens with two attached hydrogens (primary N) is 2. The number of anilines is 1. The second kappa shape index (κ2) is 12.7. The molecule has 9 nitrogen and oxygen atoms in total. The van der Waals surface area contributed by atoms with Crippen LogP contribution in [0.1, 0.15) is 39.5 Å². The Morgan fingerprint density at radius 1 is 0.837 bits per heavy atom. The molecular weight excluding hydrogens is 542 g/mol. The summed E-state index contributed by atoms with van der Waals surface area (Å²) < 4.78 is 5.38. The standard InChI is InChI=1S/C34H33N5O4/c1-34(31(40)27-18-16-26(17-19-27)30(37-35)32(41)43-23-25-12-6-3-7-13-25)33(42)38(21-20-24-10-4-2-5-11-24)22-28-14-8-9-15-29(28)39(34)36/h2-19H,20-23,35-36H2,1H3.